The summed E-state index contributed by atoms with van der Waals surface area (Å²) in [5.74, 6) is 0.630. The van der Waals surface area contributed by atoms with Crippen molar-refractivity contribution in [3.05, 3.63) is 51.7 Å². The largest absolute Gasteiger partial charge is 0.495 e. The van der Waals surface area contributed by atoms with Gasteiger partial charge in [-0.1, -0.05) is 12.1 Å². The van der Waals surface area contributed by atoms with Gasteiger partial charge in [0.2, 0.25) is 0 Å². The van der Waals surface area contributed by atoms with Crippen LogP contribution in [0.25, 0.3) is 0 Å². The lowest BCUT2D eigenvalue weighted by Gasteiger charge is -2.13. The molecule has 4 heteroatoms. The van der Waals surface area contributed by atoms with Crippen LogP contribution >= 0.6 is 11.3 Å². The lowest BCUT2D eigenvalue weighted by atomic mass is 10.1. The van der Waals surface area contributed by atoms with Gasteiger partial charge >= 0.3 is 0 Å². The van der Waals surface area contributed by atoms with E-state index in [2.05, 4.69) is 35.8 Å². The molecule has 2 aromatic rings. The van der Waals surface area contributed by atoms with Crippen LogP contribution in [0.1, 0.15) is 29.0 Å². The Morgan fingerprint density at radius 1 is 1.42 bits per heavy atom. The zero-order valence-electron chi connectivity index (χ0n) is 11.0. The van der Waals surface area contributed by atoms with E-state index in [4.69, 9.17) is 10.00 Å². The topological polar surface area (TPSA) is 45.0 Å². The van der Waals surface area contributed by atoms with Crippen LogP contribution in [0.3, 0.4) is 0 Å². The third kappa shape index (κ3) is 3.34. The van der Waals surface area contributed by atoms with Gasteiger partial charge in [-0.25, -0.2) is 0 Å². The Kier molecular flexibility index (Phi) is 4.56. The number of nitrogens with zero attached hydrogens (tertiary/aromatic N) is 1. The number of benzene rings is 1. The van der Waals surface area contributed by atoms with Gasteiger partial charge in [0.05, 0.1) is 12.7 Å². The number of hydrogen-bond donors (Lipinski definition) is 1. The molecular formula is C15H16N2OS. The maximum absolute atomic E-state index is 8.94. The fourth-order valence-electron chi connectivity index (χ4n) is 1.85. The van der Waals surface area contributed by atoms with Crippen LogP contribution in [-0.2, 0) is 6.54 Å². The number of rotatable bonds is 5. The molecular weight excluding hydrogens is 256 g/mol. The minimum Gasteiger partial charge on any atom is -0.495 e. The van der Waals surface area contributed by atoms with Gasteiger partial charge in [0, 0.05) is 17.5 Å². The monoisotopic (exact) mass is 272 g/mol. The average molecular weight is 272 g/mol. The first-order chi connectivity index (χ1) is 9.24. The van der Waals surface area contributed by atoms with E-state index in [0.29, 0.717) is 17.4 Å². The molecule has 0 saturated carbocycles. The number of thiophene rings is 1. The predicted octanol–water partition coefficient (Wildman–Crippen LogP) is 3.48. The van der Waals surface area contributed by atoms with Gasteiger partial charge in [0.15, 0.2) is 0 Å². The van der Waals surface area contributed by atoms with E-state index >= 15 is 0 Å². The van der Waals surface area contributed by atoms with Crippen molar-refractivity contribution in [2.45, 2.75) is 19.5 Å². The van der Waals surface area contributed by atoms with Crippen molar-refractivity contribution in [1.82, 2.24) is 5.32 Å². The molecule has 0 saturated heterocycles. The van der Waals surface area contributed by atoms with Crippen molar-refractivity contribution in [1.29, 1.82) is 5.26 Å². The van der Waals surface area contributed by atoms with Gasteiger partial charge in [-0.3, -0.25) is 0 Å². The summed E-state index contributed by atoms with van der Waals surface area (Å²) in [7, 11) is 1.58. The zero-order valence-corrected chi connectivity index (χ0v) is 11.8. The summed E-state index contributed by atoms with van der Waals surface area (Å²) in [4.78, 5) is 1.32. The van der Waals surface area contributed by atoms with Crippen LogP contribution in [0.5, 0.6) is 5.75 Å². The van der Waals surface area contributed by atoms with E-state index in [9.17, 15) is 0 Å². The molecule has 1 aromatic heterocycles. The third-order valence-electron chi connectivity index (χ3n) is 2.97. The summed E-state index contributed by atoms with van der Waals surface area (Å²) in [5, 5.41) is 14.5. The summed E-state index contributed by atoms with van der Waals surface area (Å²) in [6.07, 6.45) is 0. The first kappa shape index (κ1) is 13.6. The van der Waals surface area contributed by atoms with Crippen molar-refractivity contribution in [2.24, 2.45) is 0 Å². The smallest absolute Gasteiger partial charge is 0.136 e. The van der Waals surface area contributed by atoms with Crippen LogP contribution in [0, 0.1) is 11.3 Å². The summed E-state index contributed by atoms with van der Waals surface area (Å²) in [6.45, 7) is 2.90. The van der Waals surface area contributed by atoms with Crippen LogP contribution < -0.4 is 10.1 Å². The molecule has 1 atom stereocenters. The quantitative estimate of drug-likeness (QED) is 0.906. The highest BCUT2D eigenvalue weighted by molar-refractivity contribution is 7.10. The second-order valence-corrected chi connectivity index (χ2v) is 5.24. The third-order valence-corrected chi connectivity index (χ3v) is 4.02. The Bertz CT molecular complexity index is 572. The molecule has 1 unspecified atom stereocenters. The van der Waals surface area contributed by atoms with Gasteiger partial charge in [0.25, 0.3) is 0 Å². The molecule has 1 aromatic carbocycles. The number of nitriles is 1. The zero-order chi connectivity index (χ0) is 13.7. The molecule has 0 radical (unpaired) electrons. The fraction of sp³-hybridized carbons (Fsp3) is 0.267. The molecule has 0 spiro atoms. The molecule has 1 N–H and O–H groups in total. The number of ether oxygens (including phenoxy) is 1. The summed E-state index contributed by atoms with van der Waals surface area (Å²) < 4.78 is 5.21. The molecule has 0 aliphatic rings. The molecule has 0 aliphatic heterocycles. The van der Waals surface area contributed by atoms with E-state index < -0.39 is 0 Å². The Hall–Kier alpha value is -1.83. The lowest BCUT2D eigenvalue weighted by Crippen LogP contribution is -2.17. The van der Waals surface area contributed by atoms with Crippen molar-refractivity contribution in [3.63, 3.8) is 0 Å². The highest BCUT2D eigenvalue weighted by atomic mass is 32.1. The normalized spacial score (nSPS) is 11.8. The van der Waals surface area contributed by atoms with Crippen molar-refractivity contribution < 1.29 is 4.74 Å². The van der Waals surface area contributed by atoms with Gasteiger partial charge in [-0.05, 0) is 36.1 Å². The van der Waals surface area contributed by atoms with Crippen molar-refractivity contribution >= 4 is 11.3 Å². The first-order valence-corrected chi connectivity index (χ1v) is 6.96. The number of methoxy groups -OCH3 is 1. The van der Waals surface area contributed by atoms with Crippen LogP contribution in [-0.4, -0.2) is 7.11 Å². The maximum atomic E-state index is 8.94. The van der Waals surface area contributed by atoms with E-state index in [1.54, 1.807) is 24.5 Å². The predicted molar refractivity (Wildman–Crippen MR) is 77.3 cm³/mol. The molecule has 3 nitrogen and oxygen atoms in total. The highest BCUT2D eigenvalue weighted by Gasteiger charge is 2.07. The van der Waals surface area contributed by atoms with Crippen molar-refractivity contribution in [3.8, 4) is 11.8 Å². The van der Waals surface area contributed by atoms with E-state index in [1.807, 2.05) is 12.1 Å². The molecule has 2 rings (SSSR count). The molecule has 0 amide bonds. The van der Waals surface area contributed by atoms with Gasteiger partial charge in [-0.2, -0.15) is 5.26 Å². The standard InChI is InChI=1S/C15H16N2OS/c1-11(15-4-3-7-19-15)17-10-12-5-6-13(9-16)14(8-12)18-2/h3-8,11,17H,10H2,1-2H3. The van der Waals surface area contributed by atoms with Crippen LogP contribution in [0.2, 0.25) is 0 Å². The molecule has 19 heavy (non-hydrogen) atoms. The van der Waals surface area contributed by atoms with E-state index in [1.165, 1.54) is 4.88 Å². The van der Waals surface area contributed by atoms with Gasteiger partial charge in [0.1, 0.15) is 11.8 Å². The van der Waals surface area contributed by atoms with Gasteiger partial charge in [-0.15, -0.1) is 11.3 Å². The SMILES string of the molecule is COc1cc(CNC(C)c2cccs2)ccc1C#N. The fourth-order valence-corrected chi connectivity index (χ4v) is 2.61. The summed E-state index contributed by atoms with van der Waals surface area (Å²) in [6, 6.07) is 12.3. The van der Waals surface area contributed by atoms with Crippen molar-refractivity contribution in [2.75, 3.05) is 7.11 Å². The average Bonchev–Trinajstić information content (AvgIpc) is 2.98. The highest BCUT2D eigenvalue weighted by Crippen LogP contribution is 2.21. The Morgan fingerprint density at radius 2 is 2.26 bits per heavy atom. The molecule has 1 heterocycles. The Morgan fingerprint density at radius 3 is 2.89 bits per heavy atom. The summed E-state index contributed by atoms with van der Waals surface area (Å²) in [5.41, 5.74) is 1.68. The van der Waals surface area contributed by atoms with E-state index in [0.717, 1.165) is 12.1 Å². The molecule has 98 valence electrons. The Balaban J connectivity index is 2.02. The summed E-state index contributed by atoms with van der Waals surface area (Å²) >= 11 is 1.75. The number of hydrogen-bond acceptors (Lipinski definition) is 4. The maximum Gasteiger partial charge on any atom is 0.136 e. The Labute approximate surface area is 117 Å². The minimum atomic E-state index is 0.321. The molecule has 0 bridgehead atoms. The van der Waals surface area contributed by atoms with Crippen LogP contribution in [0.15, 0.2) is 35.7 Å². The van der Waals surface area contributed by atoms with Gasteiger partial charge < -0.3 is 10.1 Å². The van der Waals surface area contributed by atoms with Crippen LogP contribution in [0.4, 0.5) is 0 Å². The minimum absolute atomic E-state index is 0.321. The second kappa shape index (κ2) is 6.37. The number of nitrogens with one attached hydrogen (secondary N) is 1. The molecule has 0 fully saturated rings. The van der Waals surface area contributed by atoms with E-state index in [-0.39, 0.29) is 0 Å². The molecule has 0 aliphatic carbocycles. The second-order valence-electron chi connectivity index (χ2n) is 4.26. The lowest BCUT2D eigenvalue weighted by molar-refractivity contribution is 0.412. The first-order valence-electron chi connectivity index (χ1n) is 6.08.